The van der Waals surface area contributed by atoms with Crippen molar-refractivity contribution in [1.29, 1.82) is 0 Å². The molecule has 0 fully saturated rings. The molecule has 96 valence electrons. The molecule has 0 amide bonds. The average Bonchev–Trinajstić information content (AvgIpc) is 2.15. The van der Waals surface area contributed by atoms with E-state index in [0.29, 0.717) is 6.20 Å². The maximum absolute atomic E-state index is 13.0. The third-order valence-electron chi connectivity index (χ3n) is 1.79. The van der Waals surface area contributed by atoms with E-state index >= 15 is 0 Å². The van der Waals surface area contributed by atoms with Crippen LogP contribution in [0.3, 0.4) is 0 Å². The van der Waals surface area contributed by atoms with Crippen LogP contribution in [0.4, 0.5) is 30.7 Å². The number of nitrogens with zero attached hydrogens (tertiary/aromatic N) is 1. The molecule has 0 unspecified atom stereocenters. The smallest absolute Gasteiger partial charge is 0.255 e. The van der Waals surface area contributed by atoms with E-state index in [-0.39, 0.29) is 6.07 Å². The van der Waals surface area contributed by atoms with Crippen molar-refractivity contribution in [3.63, 3.8) is 0 Å². The molecule has 0 aromatic carbocycles. The van der Waals surface area contributed by atoms with Crippen LogP contribution in [0.5, 0.6) is 0 Å². The van der Waals surface area contributed by atoms with Gasteiger partial charge in [-0.3, -0.25) is 4.98 Å². The minimum absolute atomic E-state index is 0.251. The van der Waals surface area contributed by atoms with Gasteiger partial charge >= 0.3 is 18.0 Å². The second-order valence-electron chi connectivity index (χ2n) is 3.01. The molecule has 0 radical (unpaired) electrons. The zero-order chi connectivity index (χ0) is 13.5. The highest BCUT2D eigenvalue weighted by atomic mass is 35.5. The van der Waals surface area contributed by atoms with Crippen molar-refractivity contribution in [2.75, 3.05) is 0 Å². The maximum Gasteiger partial charge on any atom is 0.460 e. The molecular weight excluding hydrogens is 279 g/mol. The van der Waals surface area contributed by atoms with E-state index in [1.807, 2.05) is 0 Å². The molecule has 0 atom stereocenters. The van der Waals surface area contributed by atoms with Crippen LogP contribution in [0, 0.1) is 0 Å². The van der Waals surface area contributed by atoms with Crippen LogP contribution in [0.1, 0.15) is 5.69 Å². The highest BCUT2D eigenvalue weighted by molar-refractivity contribution is 6.30. The van der Waals surface area contributed by atoms with Gasteiger partial charge in [0.2, 0.25) is 0 Å². The lowest BCUT2D eigenvalue weighted by atomic mass is 10.1. The summed E-state index contributed by atoms with van der Waals surface area (Å²) >= 11 is 5.22. The fourth-order valence-electron chi connectivity index (χ4n) is 0.915. The predicted molar refractivity (Wildman–Crippen MR) is 44.1 cm³/mol. The molecule has 1 nitrogen and oxygen atoms in total. The molecule has 0 aliphatic carbocycles. The first kappa shape index (κ1) is 14.0. The first-order chi connectivity index (χ1) is 7.50. The summed E-state index contributed by atoms with van der Waals surface area (Å²) in [4.78, 5) is 2.78. The Hall–Kier alpha value is -1.05. The molecule has 0 spiro atoms. The third kappa shape index (κ3) is 2.31. The Bertz CT molecular complexity index is 415. The lowest BCUT2D eigenvalue weighted by molar-refractivity contribution is -0.360. The van der Waals surface area contributed by atoms with Gasteiger partial charge < -0.3 is 0 Å². The van der Waals surface area contributed by atoms with Crippen LogP contribution in [0.2, 0.25) is 5.02 Å². The summed E-state index contributed by atoms with van der Waals surface area (Å²) in [5.41, 5.74) is -1.74. The van der Waals surface area contributed by atoms with Gasteiger partial charge in [-0.15, -0.1) is 0 Å². The minimum atomic E-state index is -6.39. The van der Waals surface area contributed by atoms with E-state index in [2.05, 4.69) is 4.98 Å². The van der Waals surface area contributed by atoms with Crippen molar-refractivity contribution in [3.8, 4) is 0 Å². The van der Waals surface area contributed by atoms with Crippen LogP contribution >= 0.6 is 11.6 Å². The normalized spacial score (nSPS) is 13.9. The lowest BCUT2D eigenvalue weighted by Crippen LogP contribution is -2.50. The number of rotatable bonds is 2. The molecular formula is C8H3ClF7N. The fraction of sp³-hybridized carbons (Fsp3) is 0.375. The van der Waals surface area contributed by atoms with Crippen molar-refractivity contribution in [3.05, 3.63) is 29.0 Å². The molecule has 0 bridgehead atoms. The van der Waals surface area contributed by atoms with Gasteiger partial charge in [-0.2, -0.15) is 30.7 Å². The van der Waals surface area contributed by atoms with E-state index in [1.54, 1.807) is 0 Å². The highest BCUT2D eigenvalue weighted by Crippen LogP contribution is 2.51. The fourth-order valence-corrected chi connectivity index (χ4v) is 1.08. The third-order valence-corrected chi connectivity index (χ3v) is 2.03. The van der Waals surface area contributed by atoms with Gasteiger partial charge in [0.1, 0.15) is 5.69 Å². The van der Waals surface area contributed by atoms with E-state index < -0.39 is 28.7 Å². The molecule has 0 saturated heterocycles. The first-order valence-electron chi connectivity index (χ1n) is 3.94. The molecule has 0 aliphatic rings. The number of aromatic nitrogens is 1. The summed E-state index contributed by atoms with van der Waals surface area (Å²) in [6.07, 6.45) is -5.78. The molecule has 1 aromatic heterocycles. The Morgan fingerprint density at radius 3 is 1.94 bits per heavy atom. The monoisotopic (exact) mass is 281 g/mol. The van der Waals surface area contributed by atoms with Crippen LogP contribution in [0.25, 0.3) is 0 Å². The molecule has 0 N–H and O–H groups in total. The number of hydrogen-bond acceptors (Lipinski definition) is 1. The van der Waals surface area contributed by atoms with E-state index in [9.17, 15) is 30.7 Å². The summed E-state index contributed by atoms with van der Waals surface area (Å²) < 4.78 is 86.6. The molecule has 1 aromatic rings. The van der Waals surface area contributed by atoms with Gasteiger partial charge in [-0.1, -0.05) is 11.6 Å². The first-order valence-corrected chi connectivity index (χ1v) is 4.32. The zero-order valence-corrected chi connectivity index (χ0v) is 8.46. The minimum Gasteiger partial charge on any atom is -0.255 e. The largest absolute Gasteiger partial charge is 0.460 e. The molecule has 1 heterocycles. The Labute approximate surface area is 95.2 Å². The molecule has 1 rings (SSSR count). The second-order valence-corrected chi connectivity index (χ2v) is 3.44. The number of alkyl halides is 7. The summed E-state index contributed by atoms with van der Waals surface area (Å²) in [5, 5.41) is -0.423. The lowest BCUT2D eigenvalue weighted by Gasteiger charge is -2.27. The molecule has 0 aliphatic heterocycles. The second kappa shape index (κ2) is 4.01. The zero-order valence-electron chi connectivity index (χ0n) is 7.70. The topological polar surface area (TPSA) is 12.9 Å². The Kier molecular flexibility index (Phi) is 3.30. The SMILES string of the molecule is FC(F)(F)C(F)(F)C(F)(F)c1cc(Cl)ccn1. The highest BCUT2D eigenvalue weighted by Gasteiger charge is 2.74. The Morgan fingerprint density at radius 2 is 1.53 bits per heavy atom. The standard InChI is InChI=1S/C8H3ClF7N/c9-4-1-2-17-5(3-4)6(10,11)7(12,13)8(14,15)16/h1-3H. The number of halogens is 8. The van der Waals surface area contributed by atoms with Crippen LogP contribution in [-0.4, -0.2) is 17.1 Å². The summed E-state index contributed by atoms with van der Waals surface area (Å²) in [5.74, 6) is -11.7. The van der Waals surface area contributed by atoms with Gasteiger partial charge in [0.05, 0.1) is 0 Å². The molecule has 9 heteroatoms. The van der Waals surface area contributed by atoms with Crippen molar-refractivity contribution < 1.29 is 30.7 Å². The van der Waals surface area contributed by atoms with Gasteiger partial charge in [0.15, 0.2) is 0 Å². The van der Waals surface area contributed by atoms with Crippen LogP contribution < -0.4 is 0 Å². The van der Waals surface area contributed by atoms with Crippen molar-refractivity contribution in [2.24, 2.45) is 0 Å². The van der Waals surface area contributed by atoms with E-state index in [4.69, 9.17) is 11.6 Å². The van der Waals surface area contributed by atoms with Crippen molar-refractivity contribution in [2.45, 2.75) is 18.0 Å². The Morgan fingerprint density at radius 1 is 1.00 bits per heavy atom. The average molecular weight is 282 g/mol. The summed E-state index contributed by atoms with van der Waals surface area (Å²) in [6.45, 7) is 0. The molecule has 17 heavy (non-hydrogen) atoms. The quantitative estimate of drug-likeness (QED) is 0.746. The van der Waals surface area contributed by atoms with E-state index in [0.717, 1.165) is 6.07 Å². The van der Waals surface area contributed by atoms with E-state index in [1.165, 1.54) is 0 Å². The molecule has 0 saturated carbocycles. The summed E-state index contributed by atoms with van der Waals surface area (Å²) in [6, 6.07) is 1.22. The maximum atomic E-state index is 13.0. The van der Waals surface area contributed by atoms with Gasteiger partial charge in [0, 0.05) is 11.2 Å². The predicted octanol–water partition coefficient (Wildman–Crippen LogP) is 4.02. The Balaban J connectivity index is 3.28. The summed E-state index contributed by atoms with van der Waals surface area (Å²) in [7, 11) is 0. The van der Waals surface area contributed by atoms with Crippen LogP contribution in [0.15, 0.2) is 18.3 Å². The number of pyridine rings is 1. The van der Waals surface area contributed by atoms with Gasteiger partial charge in [-0.05, 0) is 12.1 Å². The van der Waals surface area contributed by atoms with Crippen LogP contribution in [-0.2, 0) is 5.92 Å². The van der Waals surface area contributed by atoms with Crippen molar-refractivity contribution in [1.82, 2.24) is 4.98 Å². The van der Waals surface area contributed by atoms with Gasteiger partial charge in [-0.25, -0.2) is 0 Å². The number of hydrogen-bond donors (Lipinski definition) is 0. The van der Waals surface area contributed by atoms with Crippen molar-refractivity contribution >= 4 is 11.6 Å². The van der Waals surface area contributed by atoms with Gasteiger partial charge in [0.25, 0.3) is 0 Å².